The highest BCUT2D eigenvalue weighted by atomic mass is 19.3. The summed E-state index contributed by atoms with van der Waals surface area (Å²) in [7, 11) is 0. The summed E-state index contributed by atoms with van der Waals surface area (Å²) in [6.45, 7) is 0.232. The SMILES string of the molecule is OCC1CCC(Nc2ccc3nnc(C(F)F)n3n2)CC1. The Labute approximate surface area is 120 Å². The van der Waals surface area contributed by atoms with Gasteiger partial charge in [0.25, 0.3) is 6.43 Å². The third kappa shape index (κ3) is 2.94. The van der Waals surface area contributed by atoms with Gasteiger partial charge in [-0.1, -0.05) is 0 Å². The Kier molecular flexibility index (Phi) is 3.96. The first-order chi connectivity index (χ1) is 10.2. The highest BCUT2D eigenvalue weighted by Gasteiger charge is 2.21. The molecule has 2 N–H and O–H groups in total. The van der Waals surface area contributed by atoms with Crippen LogP contribution in [0.2, 0.25) is 0 Å². The lowest BCUT2D eigenvalue weighted by molar-refractivity contribution is 0.137. The Balaban J connectivity index is 1.74. The monoisotopic (exact) mass is 297 g/mol. The lowest BCUT2D eigenvalue weighted by Crippen LogP contribution is -2.27. The summed E-state index contributed by atoms with van der Waals surface area (Å²) in [5.41, 5.74) is 0.305. The number of nitrogens with zero attached hydrogens (tertiary/aromatic N) is 4. The summed E-state index contributed by atoms with van der Waals surface area (Å²) in [5.74, 6) is 0.469. The van der Waals surface area contributed by atoms with Crippen LogP contribution in [0.15, 0.2) is 12.1 Å². The van der Waals surface area contributed by atoms with E-state index in [4.69, 9.17) is 5.11 Å². The first-order valence-electron chi connectivity index (χ1n) is 7.05. The number of fused-ring (bicyclic) bond motifs is 1. The molecule has 21 heavy (non-hydrogen) atoms. The van der Waals surface area contributed by atoms with Crippen molar-refractivity contribution in [3.8, 4) is 0 Å². The topological polar surface area (TPSA) is 75.3 Å². The smallest absolute Gasteiger partial charge is 0.299 e. The first-order valence-corrected chi connectivity index (χ1v) is 7.05. The molecule has 1 aliphatic carbocycles. The number of aliphatic hydroxyl groups excluding tert-OH is 1. The number of anilines is 1. The number of hydrogen-bond donors (Lipinski definition) is 2. The summed E-state index contributed by atoms with van der Waals surface area (Å²) in [4.78, 5) is 0. The van der Waals surface area contributed by atoms with Crippen LogP contribution in [0.25, 0.3) is 5.65 Å². The molecule has 2 heterocycles. The van der Waals surface area contributed by atoms with Crippen LogP contribution in [0, 0.1) is 5.92 Å². The second-order valence-electron chi connectivity index (χ2n) is 5.39. The van der Waals surface area contributed by atoms with Gasteiger partial charge in [-0.05, 0) is 43.7 Å². The molecule has 2 aromatic rings. The summed E-state index contributed by atoms with van der Waals surface area (Å²) >= 11 is 0. The number of halogens is 2. The van der Waals surface area contributed by atoms with Crippen LogP contribution in [0.1, 0.15) is 37.9 Å². The third-order valence-corrected chi connectivity index (χ3v) is 3.94. The molecular weight excluding hydrogens is 280 g/mol. The Morgan fingerprint density at radius 3 is 2.67 bits per heavy atom. The van der Waals surface area contributed by atoms with Crippen molar-refractivity contribution >= 4 is 11.5 Å². The molecule has 1 fully saturated rings. The number of aromatic nitrogens is 4. The average molecular weight is 297 g/mol. The van der Waals surface area contributed by atoms with Crippen LogP contribution in [0.4, 0.5) is 14.6 Å². The second kappa shape index (κ2) is 5.88. The van der Waals surface area contributed by atoms with E-state index in [0.29, 0.717) is 17.4 Å². The molecule has 0 radical (unpaired) electrons. The second-order valence-corrected chi connectivity index (χ2v) is 5.39. The molecule has 2 aromatic heterocycles. The molecule has 0 aromatic carbocycles. The summed E-state index contributed by atoms with van der Waals surface area (Å²) in [5, 5.41) is 23.6. The molecule has 0 amide bonds. The van der Waals surface area contributed by atoms with Gasteiger partial charge in [0.05, 0.1) is 0 Å². The number of rotatable bonds is 4. The summed E-state index contributed by atoms with van der Waals surface area (Å²) < 4.78 is 26.7. The Hall–Kier alpha value is -1.83. The standard InChI is InChI=1S/C13H17F2N5O/c14-12(15)13-18-17-11-6-5-10(19-20(11)13)16-9-3-1-8(7-21)2-4-9/h5-6,8-9,12,21H,1-4,7H2,(H,16,19). The zero-order valence-electron chi connectivity index (χ0n) is 11.4. The van der Waals surface area contributed by atoms with Gasteiger partial charge in [-0.15, -0.1) is 15.3 Å². The molecular formula is C13H17F2N5O. The lowest BCUT2D eigenvalue weighted by atomic mass is 9.86. The van der Waals surface area contributed by atoms with Crippen molar-refractivity contribution in [3.63, 3.8) is 0 Å². The van der Waals surface area contributed by atoms with E-state index in [2.05, 4.69) is 20.6 Å². The van der Waals surface area contributed by atoms with Crippen LogP contribution < -0.4 is 5.32 Å². The van der Waals surface area contributed by atoms with Crippen molar-refractivity contribution < 1.29 is 13.9 Å². The Bertz CT molecular complexity index is 610. The van der Waals surface area contributed by atoms with Crippen molar-refractivity contribution in [1.29, 1.82) is 0 Å². The van der Waals surface area contributed by atoms with Gasteiger partial charge < -0.3 is 10.4 Å². The fourth-order valence-electron chi connectivity index (χ4n) is 2.72. The highest BCUT2D eigenvalue weighted by Crippen LogP contribution is 2.26. The maximum Gasteiger partial charge on any atom is 0.299 e. The Morgan fingerprint density at radius 2 is 2.00 bits per heavy atom. The van der Waals surface area contributed by atoms with Gasteiger partial charge in [0.15, 0.2) is 5.65 Å². The van der Waals surface area contributed by atoms with Crippen molar-refractivity contribution in [3.05, 3.63) is 18.0 Å². The van der Waals surface area contributed by atoms with Gasteiger partial charge in [0.2, 0.25) is 5.82 Å². The Morgan fingerprint density at radius 1 is 1.24 bits per heavy atom. The van der Waals surface area contributed by atoms with Crippen molar-refractivity contribution in [2.24, 2.45) is 5.92 Å². The quantitative estimate of drug-likeness (QED) is 0.903. The lowest BCUT2D eigenvalue weighted by Gasteiger charge is -2.28. The molecule has 8 heteroatoms. The molecule has 0 unspecified atom stereocenters. The zero-order valence-corrected chi connectivity index (χ0v) is 11.4. The number of alkyl halides is 2. The van der Waals surface area contributed by atoms with E-state index in [1.54, 1.807) is 12.1 Å². The van der Waals surface area contributed by atoms with Gasteiger partial charge in [0.1, 0.15) is 5.82 Å². The summed E-state index contributed by atoms with van der Waals surface area (Å²) in [6, 6.07) is 3.59. The van der Waals surface area contributed by atoms with Crippen molar-refractivity contribution in [1.82, 2.24) is 19.8 Å². The molecule has 0 aliphatic heterocycles. The maximum absolute atomic E-state index is 12.8. The fraction of sp³-hybridized carbons (Fsp3) is 0.615. The molecule has 6 nitrogen and oxygen atoms in total. The molecule has 0 saturated heterocycles. The largest absolute Gasteiger partial charge is 0.396 e. The first kappa shape index (κ1) is 14.1. The van der Waals surface area contributed by atoms with Gasteiger partial charge in [0, 0.05) is 12.6 Å². The van der Waals surface area contributed by atoms with E-state index in [1.165, 1.54) is 0 Å². The normalized spacial score (nSPS) is 22.9. The molecule has 0 atom stereocenters. The minimum Gasteiger partial charge on any atom is -0.396 e. The molecule has 1 aliphatic rings. The van der Waals surface area contributed by atoms with Crippen molar-refractivity contribution in [2.75, 3.05) is 11.9 Å². The van der Waals surface area contributed by atoms with Crippen LogP contribution >= 0.6 is 0 Å². The zero-order chi connectivity index (χ0) is 14.8. The maximum atomic E-state index is 12.8. The van der Waals surface area contributed by atoms with Crippen LogP contribution in [0.5, 0.6) is 0 Å². The molecule has 3 rings (SSSR count). The highest BCUT2D eigenvalue weighted by molar-refractivity contribution is 5.44. The minimum absolute atomic E-state index is 0.232. The summed E-state index contributed by atoms with van der Waals surface area (Å²) in [6.07, 6.45) is 1.10. The fourth-order valence-corrected chi connectivity index (χ4v) is 2.72. The van der Waals surface area contributed by atoms with Crippen LogP contribution in [-0.4, -0.2) is 37.6 Å². The van der Waals surface area contributed by atoms with E-state index in [-0.39, 0.29) is 12.6 Å². The van der Waals surface area contributed by atoms with E-state index < -0.39 is 12.2 Å². The molecule has 0 spiro atoms. The predicted octanol–water partition coefficient (Wildman–Crippen LogP) is 2.02. The molecule has 114 valence electrons. The number of nitrogens with one attached hydrogen (secondary N) is 1. The van der Waals surface area contributed by atoms with Gasteiger partial charge >= 0.3 is 0 Å². The molecule has 0 bridgehead atoms. The minimum atomic E-state index is -2.71. The van der Waals surface area contributed by atoms with Gasteiger partial charge in [-0.3, -0.25) is 0 Å². The van der Waals surface area contributed by atoms with Gasteiger partial charge in [-0.2, -0.15) is 4.52 Å². The van der Waals surface area contributed by atoms with E-state index in [9.17, 15) is 8.78 Å². The average Bonchev–Trinajstić information content (AvgIpc) is 2.91. The van der Waals surface area contributed by atoms with Gasteiger partial charge in [-0.25, -0.2) is 8.78 Å². The van der Waals surface area contributed by atoms with E-state index in [1.807, 2.05) is 0 Å². The van der Waals surface area contributed by atoms with E-state index in [0.717, 1.165) is 30.2 Å². The molecule has 1 saturated carbocycles. The number of aliphatic hydroxyl groups is 1. The third-order valence-electron chi connectivity index (χ3n) is 3.94. The predicted molar refractivity (Wildman–Crippen MR) is 72.2 cm³/mol. The van der Waals surface area contributed by atoms with Crippen LogP contribution in [-0.2, 0) is 0 Å². The van der Waals surface area contributed by atoms with E-state index >= 15 is 0 Å². The van der Waals surface area contributed by atoms with Crippen molar-refractivity contribution in [2.45, 2.75) is 38.2 Å². The number of hydrogen-bond acceptors (Lipinski definition) is 5. The van der Waals surface area contributed by atoms with Crippen LogP contribution in [0.3, 0.4) is 0 Å².